The van der Waals surface area contributed by atoms with Crippen LogP contribution in [0.4, 0.5) is 0 Å². The molecule has 74 valence electrons. The van der Waals surface area contributed by atoms with Crippen molar-refractivity contribution in [3.05, 3.63) is 24.2 Å². The fourth-order valence-electron chi connectivity index (χ4n) is 1.25. The highest BCUT2D eigenvalue weighted by Gasteiger charge is 2.07. The zero-order valence-corrected chi connectivity index (χ0v) is 8.56. The second-order valence-electron chi connectivity index (χ2n) is 3.49. The molecule has 0 bridgehead atoms. The molecule has 0 aliphatic heterocycles. The standard InChI is InChI=1S/C10H13N3O/c1-7(2)10-11-9-6-8(14-3)4-5-13(9)12-10/h4-7H,1-3H3. The number of rotatable bonds is 2. The normalized spacial score (nSPS) is 11.1. The minimum atomic E-state index is 0.348. The molecule has 0 atom stereocenters. The van der Waals surface area contributed by atoms with Crippen molar-refractivity contribution in [3.8, 4) is 5.75 Å². The van der Waals surface area contributed by atoms with Crippen LogP contribution >= 0.6 is 0 Å². The predicted molar refractivity (Wildman–Crippen MR) is 53.6 cm³/mol. The van der Waals surface area contributed by atoms with Crippen molar-refractivity contribution in [2.75, 3.05) is 7.11 Å². The Morgan fingerprint density at radius 1 is 1.43 bits per heavy atom. The Morgan fingerprint density at radius 3 is 2.86 bits per heavy atom. The lowest BCUT2D eigenvalue weighted by molar-refractivity contribution is 0.414. The molecule has 0 unspecified atom stereocenters. The summed E-state index contributed by atoms with van der Waals surface area (Å²) in [6.45, 7) is 4.15. The van der Waals surface area contributed by atoms with Gasteiger partial charge in [0.15, 0.2) is 11.5 Å². The van der Waals surface area contributed by atoms with Crippen LogP contribution in [0.2, 0.25) is 0 Å². The molecule has 0 saturated carbocycles. The zero-order valence-electron chi connectivity index (χ0n) is 8.56. The van der Waals surface area contributed by atoms with Gasteiger partial charge in [-0.2, -0.15) is 5.10 Å². The van der Waals surface area contributed by atoms with Gasteiger partial charge in [0.05, 0.1) is 7.11 Å². The summed E-state index contributed by atoms with van der Waals surface area (Å²) >= 11 is 0. The van der Waals surface area contributed by atoms with Gasteiger partial charge in [0, 0.05) is 18.2 Å². The lowest BCUT2D eigenvalue weighted by atomic mass is 10.2. The van der Waals surface area contributed by atoms with Crippen LogP contribution in [0, 0.1) is 0 Å². The second kappa shape index (κ2) is 3.29. The number of ether oxygens (including phenoxy) is 1. The summed E-state index contributed by atoms with van der Waals surface area (Å²) in [5, 5.41) is 4.34. The molecule has 0 saturated heterocycles. The zero-order chi connectivity index (χ0) is 10.1. The summed E-state index contributed by atoms with van der Waals surface area (Å²) in [5.74, 6) is 2.01. The van der Waals surface area contributed by atoms with Crippen LogP contribution in [0.25, 0.3) is 5.65 Å². The van der Waals surface area contributed by atoms with E-state index in [0.717, 1.165) is 17.2 Å². The summed E-state index contributed by atoms with van der Waals surface area (Å²) < 4.78 is 6.87. The molecule has 0 aromatic carbocycles. The molecule has 4 heteroatoms. The molecule has 0 amide bonds. The van der Waals surface area contributed by atoms with Crippen LogP contribution in [-0.2, 0) is 0 Å². The van der Waals surface area contributed by atoms with Crippen LogP contribution in [0.1, 0.15) is 25.6 Å². The Hall–Kier alpha value is -1.58. The van der Waals surface area contributed by atoms with Crippen LogP contribution in [-0.4, -0.2) is 21.7 Å². The first kappa shape index (κ1) is 8.99. The quantitative estimate of drug-likeness (QED) is 0.727. The Labute approximate surface area is 82.5 Å². The van der Waals surface area contributed by atoms with Crippen molar-refractivity contribution in [2.24, 2.45) is 0 Å². The van der Waals surface area contributed by atoms with Gasteiger partial charge >= 0.3 is 0 Å². The van der Waals surface area contributed by atoms with E-state index in [1.54, 1.807) is 11.6 Å². The van der Waals surface area contributed by atoms with E-state index < -0.39 is 0 Å². The van der Waals surface area contributed by atoms with Crippen LogP contribution in [0.5, 0.6) is 5.75 Å². The lowest BCUT2D eigenvalue weighted by Gasteiger charge is -1.97. The molecule has 0 fully saturated rings. The van der Waals surface area contributed by atoms with E-state index in [1.807, 2.05) is 18.3 Å². The molecule has 2 heterocycles. The van der Waals surface area contributed by atoms with Crippen LogP contribution in [0.3, 0.4) is 0 Å². The Kier molecular flexibility index (Phi) is 2.11. The summed E-state index contributed by atoms with van der Waals surface area (Å²) in [7, 11) is 1.64. The maximum atomic E-state index is 5.11. The summed E-state index contributed by atoms with van der Waals surface area (Å²) in [6.07, 6.45) is 1.85. The minimum Gasteiger partial charge on any atom is -0.497 e. The Balaban J connectivity index is 2.54. The van der Waals surface area contributed by atoms with E-state index in [1.165, 1.54) is 0 Å². The SMILES string of the molecule is COc1ccn2nc(C(C)C)nc2c1. The van der Waals surface area contributed by atoms with Gasteiger partial charge in [-0.25, -0.2) is 9.50 Å². The first-order chi connectivity index (χ1) is 6.70. The number of pyridine rings is 1. The molecule has 2 rings (SSSR count). The number of aromatic nitrogens is 3. The smallest absolute Gasteiger partial charge is 0.159 e. The van der Waals surface area contributed by atoms with Gasteiger partial charge < -0.3 is 4.74 Å². The van der Waals surface area contributed by atoms with Gasteiger partial charge in [0.25, 0.3) is 0 Å². The third-order valence-corrected chi connectivity index (χ3v) is 2.08. The molecule has 14 heavy (non-hydrogen) atoms. The van der Waals surface area contributed by atoms with Crippen LogP contribution < -0.4 is 4.74 Å². The molecule has 0 N–H and O–H groups in total. The largest absolute Gasteiger partial charge is 0.497 e. The van der Waals surface area contributed by atoms with Gasteiger partial charge in [-0.05, 0) is 6.07 Å². The van der Waals surface area contributed by atoms with Crippen molar-refractivity contribution in [3.63, 3.8) is 0 Å². The topological polar surface area (TPSA) is 39.4 Å². The molecule has 4 nitrogen and oxygen atoms in total. The third kappa shape index (κ3) is 1.43. The van der Waals surface area contributed by atoms with Crippen molar-refractivity contribution < 1.29 is 4.74 Å². The average Bonchev–Trinajstić information content (AvgIpc) is 2.59. The molecule has 0 spiro atoms. The van der Waals surface area contributed by atoms with E-state index in [4.69, 9.17) is 4.74 Å². The maximum Gasteiger partial charge on any atom is 0.159 e. The summed E-state index contributed by atoms with van der Waals surface area (Å²) in [4.78, 5) is 4.39. The number of hydrogen-bond donors (Lipinski definition) is 0. The first-order valence-electron chi connectivity index (χ1n) is 4.61. The second-order valence-corrected chi connectivity index (χ2v) is 3.49. The van der Waals surface area contributed by atoms with Gasteiger partial charge in [-0.1, -0.05) is 13.8 Å². The molecular weight excluding hydrogens is 178 g/mol. The highest BCUT2D eigenvalue weighted by molar-refractivity contribution is 5.43. The van der Waals surface area contributed by atoms with E-state index >= 15 is 0 Å². The Bertz CT molecular complexity index is 448. The van der Waals surface area contributed by atoms with Crippen molar-refractivity contribution in [1.29, 1.82) is 0 Å². The van der Waals surface area contributed by atoms with Gasteiger partial charge in [-0.3, -0.25) is 0 Å². The van der Waals surface area contributed by atoms with Crippen molar-refractivity contribution in [2.45, 2.75) is 19.8 Å². The highest BCUT2D eigenvalue weighted by Crippen LogP contribution is 2.15. The number of hydrogen-bond acceptors (Lipinski definition) is 3. The van der Waals surface area contributed by atoms with E-state index in [-0.39, 0.29) is 0 Å². The van der Waals surface area contributed by atoms with Gasteiger partial charge in [0.1, 0.15) is 5.75 Å². The maximum absolute atomic E-state index is 5.11. The average molecular weight is 191 g/mol. The monoisotopic (exact) mass is 191 g/mol. The third-order valence-electron chi connectivity index (χ3n) is 2.08. The van der Waals surface area contributed by atoms with Crippen molar-refractivity contribution >= 4 is 5.65 Å². The van der Waals surface area contributed by atoms with Gasteiger partial charge in [-0.15, -0.1) is 0 Å². The summed E-state index contributed by atoms with van der Waals surface area (Å²) in [6, 6.07) is 3.74. The summed E-state index contributed by atoms with van der Waals surface area (Å²) in [5.41, 5.74) is 0.827. The number of nitrogens with zero attached hydrogens (tertiary/aromatic N) is 3. The molecule has 2 aromatic heterocycles. The molecule has 2 aromatic rings. The molecule has 0 aliphatic carbocycles. The molecular formula is C10H13N3O. The fourth-order valence-corrected chi connectivity index (χ4v) is 1.25. The highest BCUT2D eigenvalue weighted by atomic mass is 16.5. The van der Waals surface area contributed by atoms with Crippen LogP contribution in [0.15, 0.2) is 18.3 Å². The van der Waals surface area contributed by atoms with Crippen molar-refractivity contribution in [1.82, 2.24) is 14.6 Å². The lowest BCUT2D eigenvalue weighted by Crippen LogP contribution is -1.91. The van der Waals surface area contributed by atoms with Gasteiger partial charge in [0.2, 0.25) is 0 Å². The van der Waals surface area contributed by atoms with E-state index in [2.05, 4.69) is 23.9 Å². The van der Waals surface area contributed by atoms with E-state index in [9.17, 15) is 0 Å². The van der Waals surface area contributed by atoms with E-state index in [0.29, 0.717) is 5.92 Å². The molecule has 0 aliphatic rings. The predicted octanol–water partition coefficient (Wildman–Crippen LogP) is 1.86. The number of fused-ring (bicyclic) bond motifs is 1. The number of methoxy groups -OCH3 is 1. The first-order valence-corrected chi connectivity index (χ1v) is 4.61. The Morgan fingerprint density at radius 2 is 2.21 bits per heavy atom. The fraction of sp³-hybridized carbons (Fsp3) is 0.400. The minimum absolute atomic E-state index is 0.348. The molecule has 0 radical (unpaired) electrons.